The fraction of sp³-hybridized carbons (Fsp3) is 0.750. The number of carboxylic acids is 2. The van der Waals surface area contributed by atoms with Gasteiger partial charge in [0.1, 0.15) is 0 Å². The first-order valence-electron chi connectivity index (χ1n) is 4.14. The van der Waals surface area contributed by atoms with Crippen molar-refractivity contribution in [2.24, 2.45) is 5.92 Å². The zero-order chi connectivity index (χ0) is 11.3. The molecule has 3 atom stereocenters. The third-order valence-electron chi connectivity index (χ3n) is 1.98. The van der Waals surface area contributed by atoms with Gasteiger partial charge in [-0.15, -0.1) is 0 Å². The van der Waals surface area contributed by atoms with Crippen LogP contribution >= 0.6 is 0 Å². The molecule has 0 rings (SSSR count). The molecule has 6 heteroatoms. The van der Waals surface area contributed by atoms with Gasteiger partial charge in [0.05, 0.1) is 25.0 Å². The van der Waals surface area contributed by atoms with Crippen molar-refractivity contribution in [3.8, 4) is 0 Å². The van der Waals surface area contributed by atoms with E-state index in [0.717, 1.165) is 0 Å². The van der Waals surface area contributed by atoms with Crippen LogP contribution < -0.4 is 0 Å². The highest BCUT2D eigenvalue weighted by Crippen LogP contribution is 2.14. The fourth-order valence-electron chi connectivity index (χ4n) is 0.986. The summed E-state index contributed by atoms with van der Waals surface area (Å²) in [6.07, 6.45) is -3.47. The van der Waals surface area contributed by atoms with Gasteiger partial charge in [-0.2, -0.15) is 0 Å². The molecule has 0 radical (unpaired) electrons. The molecule has 0 amide bonds. The molecule has 14 heavy (non-hydrogen) atoms. The fourth-order valence-corrected chi connectivity index (χ4v) is 0.986. The van der Waals surface area contributed by atoms with Crippen molar-refractivity contribution < 1.29 is 30.0 Å². The summed E-state index contributed by atoms with van der Waals surface area (Å²) in [6.45, 7) is 1.40. The monoisotopic (exact) mass is 206 g/mol. The summed E-state index contributed by atoms with van der Waals surface area (Å²) in [4.78, 5) is 20.4. The molecule has 0 aliphatic heterocycles. The second-order valence-corrected chi connectivity index (χ2v) is 3.19. The van der Waals surface area contributed by atoms with Gasteiger partial charge >= 0.3 is 11.9 Å². The van der Waals surface area contributed by atoms with Crippen LogP contribution in [-0.2, 0) is 9.59 Å². The summed E-state index contributed by atoms with van der Waals surface area (Å²) in [7, 11) is 0. The quantitative estimate of drug-likeness (QED) is 0.456. The SMILES string of the molecule is CC([C@H](O)CC(=O)O)[C@@H](O)CC(=O)O. The highest BCUT2D eigenvalue weighted by Gasteiger charge is 2.25. The van der Waals surface area contributed by atoms with Crippen LogP contribution in [0, 0.1) is 5.92 Å². The van der Waals surface area contributed by atoms with Crippen molar-refractivity contribution in [1.82, 2.24) is 0 Å². The topological polar surface area (TPSA) is 115 Å². The van der Waals surface area contributed by atoms with E-state index >= 15 is 0 Å². The van der Waals surface area contributed by atoms with E-state index in [9.17, 15) is 19.8 Å². The molecule has 0 aliphatic rings. The molecular weight excluding hydrogens is 192 g/mol. The lowest BCUT2D eigenvalue weighted by Gasteiger charge is -2.21. The van der Waals surface area contributed by atoms with E-state index in [2.05, 4.69) is 0 Å². The van der Waals surface area contributed by atoms with Crippen LogP contribution in [0.3, 0.4) is 0 Å². The number of hydrogen-bond donors (Lipinski definition) is 4. The summed E-state index contributed by atoms with van der Waals surface area (Å²) in [5, 5.41) is 35.2. The van der Waals surface area contributed by atoms with Gasteiger partial charge in [-0.3, -0.25) is 9.59 Å². The lowest BCUT2D eigenvalue weighted by Crippen LogP contribution is -2.32. The normalized spacial score (nSPS) is 17.1. The summed E-state index contributed by atoms with van der Waals surface area (Å²) in [6, 6.07) is 0. The van der Waals surface area contributed by atoms with Crippen molar-refractivity contribution in [2.45, 2.75) is 32.0 Å². The van der Waals surface area contributed by atoms with Crippen LogP contribution in [0.4, 0.5) is 0 Å². The average Bonchev–Trinajstić information content (AvgIpc) is 2.00. The second-order valence-electron chi connectivity index (χ2n) is 3.19. The number of aliphatic hydroxyl groups excluding tert-OH is 2. The Bertz CT molecular complexity index is 192. The highest BCUT2D eigenvalue weighted by molar-refractivity contribution is 5.68. The molecule has 1 unspecified atom stereocenters. The minimum atomic E-state index is -1.23. The molecule has 0 aromatic rings. The average molecular weight is 206 g/mol. The molecule has 0 bridgehead atoms. The standard InChI is InChI=1S/C8H14O6/c1-4(5(9)2-7(11)12)6(10)3-8(13)14/h4-6,9-10H,2-3H2,1H3,(H,11,12)(H,13,14)/t4?,5-,6+. The van der Waals surface area contributed by atoms with Crippen LogP contribution in [0.5, 0.6) is 0 Å². The van der Waals surface area contributed by atoms with Gasteiger partial charge in [-0.25, -0.2) is 0 Å². The number of hydrogen-bond acceptors (Lipinski definition) is 4. The number of aliphatic hydroxyl groups is 2. The van der Waals surface area contributed by atoms with Gasteiger partial charge < -0.3 is 20.4 Å². The molecule has 6 nitrogen and oxygen atoms in total. The van der Waals surface area contributed by atoms with Crippen LogP contribution in [0.25, 0.3) is 0 Å². The predicted molar refractivity (Wildman–Crippen MR) is 45.7 cm³/mol. The smallest absolute Gasteiger partial charge is 0.305 e. The Balaban J connectivity index is 4.09. The van der Waals surface area contributed by atoms with E-state index in [1.54, 1.807) is 0 Å². The number of aliphatic carboxylic acids is 2. The minimum Gasteiger partial charge on any atom is -0.481 e. The molecule has 0 aromatic heterocycles. The summed E-state index contributed by atoms with van der Waals surface area (Å²) < 4.78 is 0. The lowest BCUT2D eigenvalue weighted by molar-refractivity contribution is -0.142. The van der Waals surface area contributed by atoms with E-state index in [1.807, 2.05) is 0 Å². The van der Waals surface area contributed by atoms with E-state index in [-0.39, 0.29) is 0 Å². The van der Waals surface area contributed by atoms with Crippen molar-refractivity contribution in [2.75, 3.05) is 0 Å². The lowest BCUT2D eigenvalue weighted by atomic mass is 9.94. The molecule has 0 saturated heterocycles. The summed E-state index contributed by atoms with van der Waals surface area (Å²) in [5.74, 6) is -3.15. The van der Waals surface area contributed by atoms with Crippen LogP contribution in [-0.4, -0.2) is 44.6 Å². The zero-order valence-corrected chi connectivity index (χ0v) is 7.75. The third-order valence-corrected chi connectivity index (χ3v) is 1.98. The van der Waals surface area contributed by atoms with Crippen LogP contribution in [0.1, 0.15) is 19.8 Å². The predicted octanol–water partition coefficient (Wildman–Crippen LogP) is -0.706. The summed E-state index contributed by atoms with van der Waals surface area (Å²) >= 11 is 0. The molecule has 0 fully saturated rings. The van der Waals surface area contributed by atoms with Crippen molar-refractivity contribution in [3.05, 3.63) is 0 Å². The van der Waals surface area contributed by atoms with Crippen LogP contribution in [0.15, 0.2) is 0 Å². The Kier molecular flexibility index (Phi) is 5.11. The van der Waals surface area contributed by atoms with E-state index in [4.69, 9.17) is 10.2 Å². The van der Waals surface area contributed by atoms with Crippen molar-refractivity contribution in [1.29, 1.82) is 0 Å². The Morgan fingerprint density at radius 3 is 1.50 bits per heavy atom. The number of carbonyl (C=O) groups is 2. The Morgan fingerprint density at radius 1 is 1.00 bits per heavy atom. The third kappa shape index (κ3) is 4.78. The van der Waals surface area contributed by atoms with Gasteiger partial charge in [0.2, 0.25) is 0 Å². The molecular formula is C8H14O6. The second kappa shape index (κ2) is 5.56. The first-order chi connectivity index (χ1) is 6.34. The minimum absolute atomic E-state index is 0.502. The van der Waals surface area contributed by atoms with E-state index < -0.39 is 42.9 Å². The maximum absolute atomic E-state index is 10.2. The number of carboxylic acid groups (broad SMARTS) is 2. The van der Waals surface area contributed by atoms with Gasteiger partial charge in [0, 0.05) is 5.92 Å². The van der Waals surface area contributed by atoms with Crippen molar-refractivity contribution in [3.63, 3.8) is 0 Å². The van der Waals surface area contributed by atoms with Gasteiger partial charge in [0.25, 0.3) is 0 Å². The molecule has 0 spiro atoms. The van der Waals surface area contributed by atoms with Gasteiger partial charge in [-0.1, -0.05) is 6.92 Å². The van der Waals surface area contributed by atoms with Gasteiger partial charge in [0.15, 0.2) is 0 Å². The first kappa shape index (κ1) is 12.9. The Morgan fingerprint density at radius 2 is 1.29 bits per heavy atom. The molecule has 0 saturated carbocycles. The Hall–Kier alpha value is -1.14. The van der Waals surface area contributed by atoms with E-state index in [1.165, 1.54) is 6.92 Å². The maximum Gasteiger partial charge on any atom is 0.305 e. The maximum atomic E-state index is 10.2. The molecule has 0 heterocycles. The van der Waals surface area contributed by atoms with Crippen LogP contribution in [0.2, 0.25) is 0 Å². The number of rotatable bonds is 6. The van der Waals surface area contributed by atoms with Gasteiger partial charge in [-0.05, 0) is 0 Å². The van der Waals surface area contributed by atoms with Crippen molar-refractivity contribution >= 4 is 11.9 Å². The molecule has 4 N–H and O–H groups in total. The highest BCUT2D eigenvalue weighted by atomic mass is 16.4. The first-order valence-corrected chi connectivity index (χ1v) is 4.14. The molecule has 0 aromatic carbocycles. The summed E-state index contributed by atoms with van der Waals surface area (Å²) in [5.41, 5.74) is 0. The largest absolute Gasteiger partial charge is 0.481 e. The van der Waals surface area contributed by atoms with E-state index in [0.29, 0.717) is 0 Å². The Labute approximate surface area is 80.8 Å². The molecule has 82 valence electrons. The molecule has 0 aliphatic carbocycles. The zero-order valence-electron chi connectivity index (χ0n) is 7.75.